The topological polar surface area (TPSA) is 73.2 Å². The Morgan fingerprint density at radius 2 is 1.89 bits per heavy atom. The third kappa shape index (κ3) is 3.94. The van der Waals surface area contributed by atoms with Crippen molar-refractivity contribution in [1.82, 2.24) is 4.31 Å². The molecular weight excluding hydrogens is 262 g/mol. The zero-order valence-electron chi connectivity index (χ0n) is 11.3. The van der Waals surface area contributed by atoms with Crippen molar-refractivity contribution in [2.75, 3.05) is 25.0 Å². The van der Waals surface area contributed by atoms with Crippen LogP contribution in [-0.4, -0.2) is 32.4 Å². The first-order valence-electron chi connectivity index (χ1n) is 6.27. The summed E-state index contributed by atoms with van der Waals surface area (Å²) in [5.74, 6) is 0. The molecule has 1 N–H and O–H groups in total. The van der Waals surface area contributed by atoms with Gasteiger partial charge in [-0.3, -0.25) is 0 Å². The average molecular weight is 281 g/mol. The minimum absolute atomic E-state index is 0.197. The van der Waals surface area contributed by atoms with Gasteiger partial charge in [-0.1, -0.05) is 6.92 Å². The van der Waals surface area contributed by atoms with E-state index >= 15 is 0 Å². The summed E-state index contributed by atoms with van der Waals surface area (Å²) >= 11 is 0. The Labute approximate surface area is 114 Å². The van der Waals surface area contributed by atoms with Crippen molar-refractivity contribution < 1.29 is 8.42 Å². The molecule has 0 aliphatic carbocycles. The number of benzene rings is 1. The van der Waals surface area contributed by atoms with E-state index in [2.05, 4.69) is 5.32 Å². The van der Waals surface area contributed by atoms with Crippen LogP contribution in [0.2, 0.25) is 0 Å². The second-order valence-corrected chi connectivity index (χ2v) is 5.90. The van der Waals surface area contributed by atoms with Gasteiger partial charge < -0.3 is 5.32 Å². The van der Waals surface area contributed by atoms with Crippen molar-refractivity contribution in [3.05, 3.63) is 24.3 Å². The summed E-state index contributed by atoms with van der Waals surface area (Å²) in [6.07, 6.45) is 0.197. The van der Waals surface area contributed by atoms with Crippen LogP contribution < -0.4 is 5.32 Å². The van der Waals surface area contributed by atoms with Crippen LogP contribution in [0.4, 0.5) is 5.69 Å². The van der Waals surface area contributed by atoms with Crippen molar-refractivity contribution in [3.8, 4) is 6.07 Å². The van der Waals surface area contributed by atoms with E-state index in [0.29, 0.717) is 6.54 Å². The summed E-state index contributed by atoms with van der Waals surface area (Å²) in [6.45, 7) is 5.12. The third-order valence-electron chi connectivity index (χ3n) is 2.70. The molecule has 0 heterocycles. The fraction of sp³-hybridized carbons (Fsp3) is 0.462. The van der Waals surface area contributed by atoms with Crippen molar-refractivity contribution >= 4 is 15.7 Å². The predicted octanol–water partition coefficient (Wildman–Crippen LogP) is 2.04. The first-order valence-corrected chi connectivity index (χ1v) is 7.71. The zero-order valence-corrected chi connectivity index (χ0v) is 12.1. The van der Waals surface area contributed by atoms with E-state index in [0.717, 1.165) is 12.2 Å². The lowest BCUT2D eigenvalue weighted by Crippen LogP contribution is -2.31. The van der Waals surface area contributed by atoms with Crippen LogP contribution >= 0.6 is 0 Å². The number of nitrogens with zero attached hydrogens (tertiary/aromatic N) is 2. The molecular formula is C13H19N3O2S. The molecule has 0 aliphatic rings. The van der Waals surface area contributed by atoms with Crippen LogP contribution in [0, 0.1) is 11.3 Å². The molecule has 0 bridgehead atoms. The summed E-state index contributed by atoms with van der Waals surface area (Å²) in [5.41, 5.74) is 0.890. The smallest absolute Gasteiger partial charge is 0.243 e. The monoisotopic (exact) mass is 281 g/mol. The highest BCUT2D eigenvalue weighted by Crippen LogP contribution is 2.18. The Bertz CT molecular complexity index is 532. The molecule has 0 fully saturated rings. The number of anilines is 1. The molecule has 0 atom stereocenters. The largest absolute Gasteiger partial charge is 0.385 e. The van der Waals surface area contributed by atoms with Crippen molar-refractivity contribution in [2.24, 2.45) is 0 Å². The van der Waals surface area contributed by atoms with E-state index in [4.69, 9.17) is 5.26 Å². The van der Waals surface area contributed by atoms with E-state index in [9.17, 15) is 8.42 Å². The summed E-state index contributed by atoms with van der Waals surface area (Å²) < 4.78 is 26.0. The molecule has 0 amide bonds. The van der Waals surface area contributed by atoms with E-state index in [-0.39, 0.29) is 17.9 Å². The minimum Gasteiger partial charge on any atom is -0.385 e. The Morgan fingerprint density at radius 1 is 1.26 bits per heavy atom. The molecule has 1 aromatic carbocycles. The highest BCUT2D eigenvalue weighted by molar-refractivity contribution is 7.89. The van der Waals surface area contributed by atoms with Crippen molar-refractivity contribution in [2.45, 2.75) is 25.2 Å². The molecule has 19 heavy (non-hydrogen) atoms. The molecule has 5 nitrogen and oxygen atoms in total. The number of rotatable bonds is 7. The molecule has 0 aromatic heterocycles. The fourth-order valence-electron chi connectivity index (χ4n) is 1.72. The van der Waals surface area contributed by atoms with Crippen LogP contribution in [0.5, 0.6) is 0 Å². The third-order valence-corrected chi connectivity index (χ3v) is 4.69. The van der Waals surface area contributed by atoms with Gasteiger partial charge in [0, 0.05) is 31.7 Å². The first kappa shape index (κ1) is 15.5. The zero-order chi connectivity index (χ0) is 14.3. The SMILES string of the molecule is CCNc1ccc(S(=O)(=O)N(CC)CCC#N)cc1. The second kappa shape index (κ2) is 7.12. The highest BCUT2D eigenvalue weighted by Gasteiger charge is 2.22. The van der Waals surface area contributed by atoms with E-state index < -0.39 is 10.0 Å². The molecule has 0 saturated carbocycles. The second-order valence-electron chi connectivity index (χ2n) is 3.96. The van der Waals surface area contributed by atoms with Gasteiger partial charge in [0.15, 0.2) is 0 Å². The average Bonchev–Trinajstić information content (AvgIpc) is 2.40. The molecule has 0 radical (unpaired) electrons. The normalized spacial score (nSPS) is 11.3. The first-order chi connectivity index (χ1) is 9.06. The van der Waals surface area contributed by atoms with Gasteiger partial charge >= 0.3 is 0 Å². The molecule has 104 valence electrons. The molecule has 6 heteroatoms. The van der Waals surface area contributed by atoms with Gasteiger partial charge in [0.1, 0.15) is 0 Å². The van der Waals surface area contributed by atoms with Gasteiger partial charge in [0.05, 0.1) is 11.0 Å². The molecule has 0 spiro atoms. The molecule has 0 aliphatic heterocycles. The van der Waals surface area contributed by atoms with Crippen LogP contribution in [0.3, 0.4) is 0 Å². The van der Waals surface area contributed by atoms with Gasteiger partial charge in [-0.05, 0) is 31.2 Å². The molecule has 1 aromatic rings. The standard InChI is InChI=1S/C13H19N3O2S/c1-3-15-12-6-8-13(9-7-12)19(17,18)16(4-2)11-5-10-14/h6-9,15H,3-5,11H2,1-2H3. The molecule has 0 saturated heterocycles. The van der Waals surface area contributed by atoms with E-state index in [1.165, 1.54) is 4.31 Å². The number of nitrogens with one attached hydrogen (secondary N) is 1. The Kier molecular flexibility index (Phi) is 5.80. The van der Waals surface area contributed by atoms with Crippen LogP contribution in [0.25, 0.3) is 0 Å². The lowest BCUT2D eigenvalue weighted by molar-refractivity contribution is 0.435. The maximum Gasteiger partial charge on any atom is 0.243 e. The lowest BCUT2D eigenvalue weighted by Gasteiger charge is -2.19. The van der Waals surface area contributed by atoms with Gasteiger partial charge in [-0.25, -0.2) is 8.42 Å². The Morgan fingerprint density at radius 3 is 2.37 bits per heavy atom. The summed E-state index contributed by atoms with van der Waals surface area (Å²) in [4.78, 5) is 0.258. The number of sulfonamides is 1. The molecule has 0 unspecified atom stereocenters. The summed E-state index contributed by atoms with van der Waals surface area (Å²) in [7, 11) is -3.50. The predicted molar refractivity (Wildman–Crippen MR) is 75.3 cm³/mol. The van der Waals surface area contributed by atoms with Crippen LogP contribution in [0.1, 0.15) is 20.3 Å². The molecule has 1 rings (SSSR count). The van der Waals surface area contributed by atoms with E-state index in [1.807, 2.05) is 13.0 Å². The maximum atomic E-state index is 12.3. The maximum absolute atomic E-state index is 12.3. The number of hydrogen-bond donors (Lipinski definition) is 1. The van der Waals surface area contributed by atoms with Crippen LogP contribution in [-0.2, 0) is 10.0 Å². The lowest BCUT2D eigenvalue weighted by atomic mass is 10.3. The highest BCUT2D eigenvalue weighted by atomic mass is 32.2. The van der Waals surface area contributed by atoms with Gasteiger partial charge in [-0.2, -0.15) is 9.57 Å². The summed E-state index contributed by atoms with van der Waals surface area (Å²) in [6, 6.07) is 8.63. The van der Waals surface area contributed by atoms with E-state index in [1.54, 1.807) is 31.2 Å². The number of nitriles is 1. The summed E-state index contributed by atoms with van der Waals surface area (Å²) in [5, 5.41) is 11.7. The van der Waals surface area contributed by atoms with Crippen LogP contribution in [0.15, 0.2) is 29.2 Å². The Hall–Kier alpha value is -1.58. The van der Waals surface area contributed by atoms with Crippen molar-refractivity contribution in [3.63, 3.8) is 0 Å². The van der Waals surface area contributed by atoms with Gasteiger partial charge in [-0.15, -0.1) is 0 Å². The van der Waals surface area contributed by atoms with Gasteiger partial charge in [0.25, 0.3) is 0 Å². The van der Waals surface area contributed by atoms with Crippen molar-refractivity contribution in [1.29, 1.82) is 5.26 Å². The minimum atomic E-state index is -3.50. The van der Waals surface area contributed by atoms with Gasteiger partial charge in [0.2, 0.25) is 10.0 Å². The number of hydrogen-bond acceptors (Lipinski definition) is 4. The quantitative estimate of drug-likeness (QED) is 0.830. The Balaban J connectivity index is 2.95. The fourth-order valence-corrected chi connectivity index (χ4v) is 3.17.